The predicted octanol–water partition coefficient (Wildman–Crippen LogP) is 2.53. The Morgan fingerprint density at radius 2 is 1.75 bits per heavy atom. The van der Waals surface area contributed by atoms with Gasteiger partial charge in [0.2, 0.25) is 0 Å². The molecule has 0 saturated carbocycles. The number of hydrogen-bond acceptors (Lipinski definition) is 3. The third-order valence-electron chi connectivity index (χ3n) is 4.22. The maximum Gasteiger partial charge on any atom is 0.0611 e. The lowest BCUT2D eigenvalue weighted by molar-refractivity contribution is 0.108. The second kappa shape index (κ2) is 6.25. The van der Waals surface area contributed by atoms with Gasteiger partial charge < -0.3 is 10.4 Å². The van der Waals surface area contributed by atoms with Gasteiger partial charge in [0.15, 0.2) is 0 Å². The molecular formula is C17H28N2O. The zero-order chi connectivity index (χ0) is 14.8. The molecule has 3 heteroatoms. The van der Waals surface area contributed by atoms with E-state index < -0.39 is 0 Å². The summed E-state index contributed by atoms with van der Waals surface area (Å²) in [6.45, 7) is 10.9. The Kier molecular flexibility index (Phi) is 4.84. The monoisotopic (exact) mass is 276 g/mol. The normalized spacial score (nSPS) is 19.9. The van der Waals surface area contributed by atoms with Crippen molar-refractivity contribution in [2.24, 2.45) is 0 Å². The maximum atomic E-state index is 9.72. The molecule has 2 unspecified atom stereocenters. The van der Waals surface area contributed by atoms with Gasteiger partial charge in [0.1, 0.15) is 0 Å². The molecule has 0 radical (unpaired) electrons. The Labute approximate surface area is 123 Å². The molecule has 3 nitrogen and oxygen atoms in total. The highest BCUT2D eigenvalue weighted by Crippen LogP contribution is 2.27. The SMILES string of the molecule is CC(C)NC(C)(CO)CC(C)N1Cc2ccccc2C1. The highest BCUT2D eigenvalue weighted by atomic mass is 16.3. The van der Waals surface area contributed by atoms with E-state index in [1.54, 1.807) is 0 Å². The van der Waals surface area contributed by atoms with Gasteiger partial charge in [-0.15, -0.1) is 0 Å². The molecule has 2 atom stereocenters. The molecule has 1 aliphatic rings. The fraction of sp³-hybridized carbons (Fsp3) is 0.647. The summed E-state index contributed by atoms with van der Waals surface area (Å²) >= 11 is 0. The molecule has 2 rings (SSSR count). The molecular weight excluding hydrogens is 248 g/mol. The standard InChI is InChI=1S/C17H28N2O/c1-13(2)18-17(4,12-20)9-14(3)19-10-15-7-5-6-8-16(15)11-19/h5-8,13-14,18,20H,9-12H2,1-4H3. The average molecular weight is 276 g/mol. The Morgan fingerprint density at radius 3 is 2.20 bits per heavy atom. The van der Waals surface area contributed by atoms with Crippen molar-refractivity contribution in [3.05, 3.63) is 35.4 Å². The van der Waals surface area contributed by atoms with Gasteiger partial charge >= 0.3 is 0 Å². The van der Waals surface area contributed by atoms with Crippen molar-refractivity contribution in [1.29, 1.82) is 0 Å². The van der Waals surface area contributed by atoms with Crippen LogP contribution in [-0.2, 0) is 13.1 Å². The molecule has 0 bridgehead atoms. The summed E-state index contributed by atoms with van der Waals surface area (Å²) in [5, 5.41) is 13.2. The molecule has 1 aliphatic heterocycles. The number of nitrogens with one attached hydrogen (secondary N) is 1. The molecule has 2 N–H and O–H groups in total. The van der Waals surface area contributed by atoms with Crippen molar-refractivity contribution in [3.63, 3.8) is 0 Å². The van der Waals surface area contributed by atoms with Crippen LogP contribution in [0.5, 0.6) is 0 Å². The van der Waals surface area contributed by atoms with Crippen molar-refractivity contribution >= 4 is 0 Å². The van der Waals surface area contributed by atoms with Gasteiger partial charge in [0.05, 0.1) is 6.61 Å². The minimum atomic E-state index is -0.206. The zero-order valence-electron chi connectivity index (χ0n) is 13.2. The number of hydrogen-bond donors (Lipinski definition) is 2. The smallest absolute Gasteiger partial charge is 0.0611 e. The number of aliphatic hydroxyl groups is 1. The summed E-state index contributed by atoms with van der Waals surface area (Å²) in [6, 6.07) is 9.51. The van der Waals surface area contributed by atoms with Crippen molar-refractivity contribution in [1.82, 2.24) is 10.2 Å². The third-order valence-corrected chi connectivity index (χ3v) is 4.22. The van der Waals surface area contributed by atoms with E-state index in [1.165, 1.54) is 11.1 Å². The number of rotatable bonds is 6. The molecule has 1 heterocycles. The Morgan fingerprint density at radius 1 is 1.20 bits per heavy atom. The summed E-state index contributed by atoms with van der Waals surface area (Å²) in [6.07, 6.45) is 0.954. The molecule has 0 aliphatic carbocycles. The first-order chi connectivity index (χ1) is 9.43. The molecule has 0 fully saturated rings. The Hall–Kier alpha value is -0.900. The summed E-state index contributed by atoms with van der Waals surface area (Å²) < 4.78 is 0. The second-order valence-corrected chi connectivity index (χ2v) is 6.74. The van der Waals surface area contributed by atoms with Crippen LogP contribution in [0.15, 0.2) is 24.3 Å². The molecule has 20 heavy (non-hydrogen) atoms. The van der Waals surface area contributed by atoms with Gasteiger partial charge in [-0.1, -0.05) is 38.1 Å². The molecule has 0 saturated heterocycles. The van der Waals surface area contributed by atoms with E-state index in [2.05, 4.69) is 62.2 Å². The summed E-state index contributed by atoms with van der Waals surface area (Å²) in [5.41, 5.74) is 2.69. The quantitative estimate of drug-likeness (QED) is 0.838. The van der Waals surface area contributed by atoms with Gasteiger partial charge in [0.25, 0.3) is 0 Å². The van der Waals surface area contributed by atoms with Gasteiger partial charge in [0, 0.05) is 30.7 Å². The first-order valence-electron chi connectivity index (χ1n) is 7.63. The predicted molar refractivity (Wildman–Crippen MR) is 83.5 cm³/mol. The van der Waals surface area contributed by atoms with E-state index in [4.69, 9.17) is 0 Å². The van der Waals surface area contributed by atoms with Crippen LogP contribution in [-0.4, -0.2) is 34.2 Å². The first-order valence-corrected chi connectivity index (χ1v) is 7.63. The Bertz CT molecular complexity index is 421. The van der Waals surface area contributed by atoms with E-state index in [0.717, 1.165) is 19.5 Å². The largest absolute Gasteiger partial charge is 0.394 e. The van der Waals surface area contributed by atoms with Crippen LogP contribution >= 0.6 is 0 Å². The van der Waals surface area contributed by atoms with E-state index in [9.17, 15) is 5.11 Å². The van der Waals surface area contributed by atoms with E-state index in [1.807, 2.05) is 0 Å². The third kappa shape index (κ3) is 3.60. The van der Waals surface area contributed by atoms with Gasteiger partial charge in [-0.2, -0.15) is 0 Å². The second-order valence-electron chi connectivity index (χ2n) is 6.74. The Balaban J connectivity index is 1.98. The van der Waals surface area contributed by atoms with Crippen LogP contribution in [0, 0.1) is 0 Å². The lowest BCUT2D eigenvalue weighted by atomic mass is 9.93. The molecule has 0 amide bonds. The minimum Gasteiger partial charge on any atom is -0.394 e. The number of benzene rings is 1. The fourth-order valence-electron chi connectivity index (χ4n) is 3.32. The molecule has 0 spiro atoms. The van der Waals surface area contributed by atoms with Crippen molar-refractivity contribution < 1.29 is 5.11 Å². The van der Waals surface area contributed by atoms with Crippen LogP contribution < -0.4 is 5.32 Å². The van der Waals surface area contributed by atoms with Crippen molar-refractivity contribution in [2.75, 3.05) is 6.61 Å². The van der Waals surface area contributed by atoms with E-state index >= 15 is 0 Å². The molecule has 1 aromatic rings. The molecule has 1 aromatic carbocycles. The average Bonchev–Trinajstić information content (AvgIpc) is 2.81. The van der Waals surface area contributed by atoms with Gasteiger partial charge in [-0.05, 0) is 31.4 Å². The van der Waals surface area contributed by atoms with Crippen LogP contribution in [0.2, 0.25) is 0 Å². The number of fused-ring (bicyclic) bond motifs is 1. The molecule has 112 valence electrons. The fourth-order valence-corrected chi connectivity index (χ4v) is 3.32. The van der Waals surface area contributed by atoms with Crippen LogP contribution in [0.3, 0.4) is 0 Å². The summed E-state index contributed by atoms with van der Waals surface area (Å²) in [4.78, 5) is 2.50. The van der Waals surface area contributed by atoms with Gasteiger partial charge in [-0.3, -0.25) is 4.90 Å². The first kappa shape index (κ1) is 15.5. The van der Waals surface area contributed by atoms with Crippen LogP contribution in [0.25, 0.3) is 0 Å². The number of nitrogens with zero attached hydrogens (tertiary/aromatic N) is 1. The minimum absolute atomic E-state index is 0.177. The highest BCUT2D eigenvalue weighted by Gasteiger charge is 2.31. The highest BCUT2D eigenvalue weighted by molar-refractivity contribution is 5.30. The zero-order valence-corrected chi connectivity index (χ0v) is 13.2. The lowest BCUT2D eigenvalue weighted by Crippen LogP contribution is -2.52. The van der Waals surface area contributed by atoms with Crippen molar-refractivity contribution in [3.8, 4) is 0 Å². The van der Waals surface area contributed by atoms with Crippen LogP contribution in [0.1, 0.15) is 45.2 Å². The van der Waals surface area contributed by atoms with Crippen LogP contribution in [0.4, 0.5) is 0 Å². The molecule has 0 aromatic heterocycles. The van der Waals surface area contributed by atoms with E-state index in [0.29, 0.717) is 12.1 Å². The van der Waals surface area contributed by atoms with E-state index in [-0.39, 0.29) is 12.1 Å². The lowest BCUT2D eigenvalue weighted by Gasteiger charge is -2.36. The topological polar surface area (TPSA) is 35.5 Å². The summed E-state index contributed by atoms with van der Waals surface area (Å²) in [7, 11) is 0. The van der Waals surface area contributed by atoms with Crippen molar-refractivity contribution in [2.45, 2.75) is 64.8 Å². The van der Waals surface area contributed by atoms with Gasteiger partial charge in [-0.25, -0.2) is 0 Å². The maximum absolute atomic E-state index is 9.72. The summed E-state index contributed by atoms with van der Waals surface area (Å²) in [5.74, 6) is 0. The number of aliphatic hydroxyl groups excluding tert-OH is 1.